The lowest BCUT2D eigenvalue weighted by molar-refractivity contribution is 0.281. The Morgan fingerprint density at radius 1 is 1.21 bits per heavy atom. The average molecular weight is 419 g/mol. The van der Waals surface area contributed by atoms with Crippen LogP contribution in [0.3, 0.4) is 0 Å². The molecule has 1 aromatic carbocycles. The van der Waals surface area contributed by atoms with Crippen LogP contribution in [0.1, 0.15) is 31.0 Å². The maximum Gasteiger partial charge on any atom is 0.243 e. The lowest BCUT2D eigenvalue weighted by Crippen LogP contribution is -2.39. The summed E-state index contributed by atoms with van der Waals surface area (Å²) in [6.07, 6.45) is 3.77. The van der Waals surface area contributed by atoms with E-state index in [1.54, 1.807) is 29.7 Å². The van der Waals surface area contributed by atoms with E-state index in [9.17, 15) is 8.42 Å². The largest absolute Gasteiger partial charge is 0.352 e. The molecule has 1 unspecified atom stereocenters. The first kappa shape index (κ1) is 21.3. The third-order valence-electron chi connectivity index (χ3n) is 5.22. The number of aliphatic imine (C=N–C) groups is 1. The predicted molar refractivity (Wildman–Crippen MR) is 114 cm³/mol. The van der Waals surface area contributed by atoms with Gasteiger partial charge in [-0.2, -0.15) is 9.40 Å². The number of guanidine groups is 1. The fourth-order valence-electron chi connectivity index (χ4n) is 3.45. The van der Waals surface area contributed by atoms with E-state index in [1.165, 1.54) is 0 Å². The second-order valence-electron chi connectivity index (χ2n) is 7.48. The molecular weight excluding hydrogens is 388 g/mol. The van der Waals surface area contributed by atoms with Gasteiger partial charge in [-0.05, 0) is 42.5 Å². The van der Waals surface area contributed by atoms with Crippen LogP contribution in [-0.2, 0) is 30.2 Å². The molecule has 29 heavy (non-hydrogen) atoms. The number of hydrogen-bond acceptors (Lipinski definition) is 4. The highest BCUT2D eigenvalue weighted by Gasteiger charge is 2.28. The monoisotopic (exact) mass is 418 g/mol. The summed E-state index contributed by atoms with van der Waals surface area (Å²) in [5.74, 6) is 1.08. The number of nitrogens with zero attached hydrogens (tertiary/aromatic N) is 4. The van der Waals surface area contributed by atoms with Gasteiger partial charge in [-0.25, -0.2) is 8.42 Å². The van der Waals surface area contributed by atoms with Gasteiger partial charge in [0.2, 0.25) is 10.0 Å². The van der Waals surface area contributed by atoms with Gasteiger partial charge < -0.3 is 10.6 Å². The summed E-state index contributed by atoms with van der Waals surface area (Å²) >= 11 is 0. The van der Waals surface area contributed by atoms with Crippen molar-refractivity contribution in [2.75, 3.05) is 20.1 Å². The number of aryl methyl sites for hydroxylation is 1. The highest BCUT2D eigenvalue weighted by atomic mass is 32.2. The fourth-order valence-corrected chi connectivity index (χ4v) is 5.05. The summed E-state index contributed by atoms with van der Waals surface area (Å²) < 4.78 is 29.1. The lowest BCUT2D eigenvalue weighted by atomic mass is 10.0. The molecule has 1 atom stereocenters. The van der Waals surface area contributed by atoms with E-state index in [2.05, 4.69) is 27.6 Å². The van der Waals surface area contributed by atoms with Crippen molar-refractivity contribution in [1.29, 1.82) is 0 Å². The Hall–Kier alpha value is -2.39. The number of piperidine rings is 1. The average Bonchev–Trinajstić information content (AvgIpc) is 3.13. The van der Waals surface area contributed by atoms with Crippen LogP contribution in [0.5, 0.6) is 0 Å². The molecule has 1 saturated heterocycles. The minimum absolute atomic E-state index is 0.356. The normalized spacial score (nSPS) is 18.6. The van der Waals surface area contributed by atoms with Crippen molar-refractivity contribution in [2.24, 2.45) is 18.0 Å². The summed E-state index contributed by atoms with van der Waals surface area (Å²) in [5.41, 5.74) is 2.04. The van der Waals surface area contributed by atoms with E-state index in [1.807, 2.05) is 29.9 Å². The molecule has 9 heteroatoms. The molecule has 2 N–H and O–H groups in total. The van der Waals surface area contributed by atoms with Crippen LogP contribution < -0.4 is 10.6 Å². The van der Waals surface area contributed by atoms with Crippen molar-refractivity contribution in [3.63, 3.8) is 0 Å². The van der Waals surface area contributed by atoms with Crippen LogP contribution in [0.2, 0.25) is 0 Å². The van der Waals surface area contributed by atoms with Crippen LogP contribution >= 0.6 is 0 Å². The van der Waals surface area contributed by atoms with E-state index in [4.69, 9.17) is 0 Å². The molecule has 0 radical (unpaired) electrons. The molecule has 0 bridgehead atoms. The minimum atomic E-state index is -3.42. The molecule has 0 saturated carbocycles. The molecule has 8 nitrogen and oxygen atoms in total. The molecule has 0 aliphatic carbocycles. The van der Waals surface area contributed by atoms with Gasteiger partial charge in [0.15, 0.2) is 5.96 Å². The maximum absolute atomic E-state index is 12.9. The van der Waals surface area contributed by atoms with E-state index in [-0.39, 0.29) is 0 Å². The summed E-state index contributed by atoms with van der Waals surface area (Å²) in [7, 11) is 0.195. The van der Waals surface area contributed by atoms with Gasteiger partial charge in [0, 0.05) is 39.9 Å². The predicted octanol–water partition coefficient (Wildman–Crippen LogP) is 1.71. The van der Waals surface area contributed by atoms with E-state index < -0.39 is 10.0 Å². The molecule has 1 aliphatic heterocycles. The molecule has 3 rings (SSSR count). The van der Waals surface area contributed by atoms with E-state index in [0.717, 1.165) is 24.1 Å². The second kappa shape index (κ2) is 9.41. The van der Waals surface area contributed by atoms with Crippen molar-refractivity contribution in [3.05, 3.63) is 47.8 Å². The summed E-state index contributed by atoms with van der Waals surface area (Å²) in [4.78, 5) is 4.58. The zero-order chi connectivity index (χ0) is 20.9. The Morgan fingerprint density at radius 3 is 2.55 bits per heavy atom. The smallest absolute Gasteiger partial charge is 0.243 e. The molecule has 1 aromatic heterocycles. The number of aromatic nitrogens is 2. The van der Waals surface area contributed by atoms with Gasteiger partial charge in [0.1, 0.15) is 0 Å². The first-order valence-electron chi connectivity index (χ1n) is 9.90. The minimum Gasteiger partial charge on any atom is -0.352 e. The molecule has 0 spiro atoms. The van der Waals surface area contributed by atoms with Crippen molar-refractivity contribution in [3.8, 4) is 0 Å². The van der Waals surface area contributed by atoms with Crippen LogP contribution in [-0.4, -0.2) is 48.6 Å². The zero-order valence-corrected chi connectivity index (χ0v) is 18.1. The quantitative estimate of drug-likeness (QED) is 0.550. The third-order valence-corrected chi connectivity index (χ3v) is 7.10. The number of nitrogens with one attached hydrogen (secondary N) is 2. The van der Waals surface area contributed by atoms with Crippen molar-refractivity contribution >= 4 is 16.0 Å². The van der Waals surface area contributed by atoms with Gasteiger partial charge in [0.25, 0.3) is 0 Å². The standard InChI is InChI=1S/C20H30N6O2S/c1-16-5-4-12-26(15-16)29(27,28)19-8-6-17(7-9-19)13-22-20(21-2)23-14-18-10-11-24-25(18)3/h6-11,16H,4-5,12-15H2,1-3H3,(H2,21,22,23). The summed E-state index contributed by atoms with van der Waals surface area (Å²) in [6.45, 7) is 4.47. The van der Waals surface area contributed by atoms with Crippen LogP contribution in [0.15, 0.2) is 46.4 Å². The van der Waals surface area contributed by atoms with Gasteiger partial charge in [-0.15, -0.1) is 0 Å². The maximum atomic E-state index is 12.9. The van der Waals surface area contributed by atoms with Gasteiger partial charge in [0.05, 0.1) is 17.1 Å². The molecule has 1 fully saturated rings. The third kappa shape index (κ3) is 5.36. The Labute approximate surface area is 173 Å². The Kier molecular flexibility index (Phi) is 6.92. The van der Waals surface area contributed by atoms with Crippen molar-refractivity contribution in [1.82, 2.24) is 24.7 Å². The Bertz CT molecular complexity index is 936. The number of benzene rings is 1. The highest BCUT2D eigenvalue weighted by molar-refractivity contribution is 7.89. The molecular formula is C20H30N6O2S. The van der Waals surface area contributed by atoms with E-state index >= 15 is 0 Å². The first-order valence-corrected chi connectivity index (χ1v) is 11.3. The molecule has 2 aromatic rings. The summed E-state index contributed by atoms with van der Waals surface area (Å²) in [6, 6.07) is 9.03. The molecule has 2 heterocycles. The van der Waals surface area contributed by atoms with Crippen molar-refractivity contribution < 1.29 is 8.42 Å². The second-order valence-corrected chi connectivity index (χ2v) is 9.42. The summed E-state index contributed by atoms with van der Waals surface area (Å²) in [5, 5.41) is 10.6. The fraction of sp³-hybridized carbons (Fsp3) is 0.500. The Morgan fingerprint density at radius 2 is 1.93 bits per heavy atom. The Balaban J connectivity index is 1.56. The lowest BCUT2D eigenvalue weighted by Gasteiger charge is -2.30. The topological polar surface area (TPSA) is 91.6 Å². The molecule has 0 amide bonds. The van der Waals surface area contributed by atoms with Crippen LogP contribution in [0.25, 0.3) is 0 Å². The number of hydrogen-bond donors (Lipinski definition) is 2. The van der Waals surface area contributed by atoms with Gasteiger partial charge >= 0.3 is 0 Å². The van der Waals surface area contributed by atoms with Crippen LogP contribution in [0, 0.1) is 5.92 Å². The van der Waals surface area contributed by atoms with Gasteiger partial charge in [-0.3, -0.25) is 9.67 Å². The zero-order valence-electron chi connectivity index (χ0n) is 17.3. The number of rotatable bonds is 6. The first-order chi connectivity index (χ1) is 13.9. The number of sulfonamides is 1. The molecule has 158 valence electrons. The van der Waals surface area contributed by atoms with Crippen molar-refractivity contribution in [2.45, 2.75) is 37.8 Å². The molecule has 1 aliphatic rings. The van der Waals surface area contributed by atoms with E-state index in [0.29, 0.717) is 43.0 Å². The van der Waals surface area contributed by atoms with Crippen LogP contribution in [0.4, 0.5) is 0 Å². The highest BCUT2D eigenvalue weighted by Crippen LogP contribution is 2.23. The van der Waals surface area contributed by atoms with Gasteiger partial charge in [-0.1, -0.05) is 19.1 Å². The SMILES string of the molecule is CN=C(NCc1ccc(S(=O)(=O)N2CCCC(C)C2)cc1)NCc1ccnn1C.